The summed E-state index contributed by atoms with van der Waals surface area (Å²) < 4.78 is 9.59. The molecule has 1 aliphatic heterocycles. The molecule has 0 aliphatic carbocycles. The van der Waals surface area contributed by atoms with Crippen molar-refractivity contribution in [2.75, 3.05) is 31.2 Å². The molecular weight excluding hydrogens is 386 g/mol. The van der Waals surface area contributed by atoms with E-state index in [1.54, 1.807) is 17.7 Å². The Kier molecular flexibility index (Phi) is 3.68. The van der Waals surface area contributed by atoms with Crippen molar-refractivity contribution in [3.8, 4) is 5.69 Å². The number of imidazole rings is 1. The first kappa shape index (κ1) is 16.7. The largest absolute Gasteiger partial charge is 0.378 e. The van der Waals surface area contributed by atoms with Crippen LogP contribution >= 0.6 is 11.3 Å². The number of nitrogens with one attached hydrogen (secondary N) is 1. The number of H-pyrrole nitrogens is 1. The highest BCUT2D eigenvalue weighted by Gasteiger charge is 2.19. The van der Waals surface area contributed by atoms with E-state index < -0.39 is 0 Å². The summed E-state index contributed by atoms with van der Waals surface area (Å²) in [4.78, 5) is 27.0. The molecule has 5 aromatic rings. The first-order valence-electron chi connectivity index (χ1n) is 9.50. The molecule has 1 N–H and O–H groups in total. The minimum atomic E-state index is -0.188. The van der Waals surface area contributed by atoms with E-state index in [0.717, 1.165) is 10.4 Å². The fraction of sp³-hybridized carbons (Fsp3) is 0.190. The lowest BCUT2D eigenvalue weighted by Crippen LogP contribution is -2.38. The Labute approximate surface area is 169 Å². The van der Waals surface area contributed by atoms with Gasteiger partial charge in [0.05, 0.1) is 23.6 Å². The maximum absolute atomic E-state index is 13.0. The number of benzene rings is 2. The zero-order valence-corrected chi connectivity index (χ0v) is 16.3. The van der Waals surface area contributed by atoms with Crippen molar-refractivity contribution in [3.05, 3.63) is 59.1 Å². The van der Waals surface area contributed by atoms with E-state index in [2.05, 4.69) is 39.2 Å². The van der Waals surface area contributed by atoms with Gasteiger partial charge >= 0.3 is 0 Å². The van der Waals surface area contributed by atoms with Crippen LogP contribution in [0.2, 0.25) is 0 Å². The number of ether oxygens (including phenoxy) is 1. The van der Waals surface area contributed by atoms with Gasteiger partial charge in [-0.1, -0.05) is 30.3 Å². The molecule has 1 aliphatic rings. The average molecular weight is 403 g/mol. The number of thiophene rings is 1. The molecule has 0 amide bonds. The van der Waals surface area contributed by atoms with E-state index in [0.29, 0.717) is 43.4 Å². The van der Waals surface area contributed by atoms with E-state index in [9.17, 15) is 4.79 Å². The quantitative estimate of drug-likeness (QED) is 0.489. The van der Waals surface area contributed by atoms with E-state index in [4.69, 9.17) is 4.74 Å². The van der Waals surface area contributed by atoms with Crippen molar-refractivity contribution < 1.29 is 4.74 Å². The minimum absolute atomic E-state index is 0.188. The standard InChI is InChI=1S/C21H17N5O2S/c27-20-17-19(23-21(24-20)25-8-10-28-11-9-25)22-12-26(17)15-6-3-5-14-13-4-1-2-7-16(13)29-18(14)15/h1-7,12H,8-11H2,(H,23,24,27). The second-order valence-corrected chi connectivity index (χ2v) is 8.08. The number of morpholine rings is 1. The normalized spacial score (nSPS) is 15.0. The van der Waals surface area contributed by atoms with Crippen molar-refractivity contribution in [2.24, 2.45) is 0 Å². The van der Waals surface area contributed by atoms with Gasteiger partial charge in [-0.3, -0.25) is 14.3 Å². The van der Waals surface area contributed by atoms with Gasteiger partial charge in [0.15, 0.2) is 11.2 Å². The molecule has 0 bridgehead atoms. The smallest absolute Gasteiger partial charge is 0.278 e. The molecule has 0 radical (unpaired) electrons. The summed E-state index contributed by atoms with van der Waals surface area (Å²) in [7, 11) is 0. The van der Waals surface area contributed by atoms with Crippen LogP contribution in [0.4, 0.5) is 5.95 Å². The van der Waals surface area contributed by atoms with Gasteiger partial charge in [-0.25, -0.2) is 4.98 Å². The van der Waals surface area contributed by atoms with Crippen molar-refractivity contribution >= 4 is 48.6 Å². The molecule has 0 spiro atoms. The Hall–Kier alpha value is -3.23. The van der Waals surface area contributed by atoms with Crippen LogP contribution in [-0.4, -0.2) is 45.8 Å². The topological polar surface area (TPSA) is 76.0 Å². The van der Waals surface area contributed by atoms with Gasteiger partial charge in [0.25, 0.3) is 5.56 Å². The zero-order valence-electron chi connectivity index (χ0n) is 15.5. The van der Waals surface area contributed by atoms with Crippen LogP contribution in [0.5, 0.6) is 0 Å². The molecule has 1 saturated heterocycles. The molecule has 2 aromatic carbocycles. The Balaban J connectivity index is 1.56. The van der Waals surface area contributed by atoms with Crippen molar-refractivity contribution in [2.45, 2.75) is 0 Å². The summed E-state index contributed by atoms with van der Waals surface area (Å²) in [6, 6.07) is 14.5. The van der Waals surface area contributed by atoms with Crippen LogP contribution in [0.1, 0.15) is 0 Å². The number of anilines is 1. The van der Waals surface area contributed by atoms with Crippen molar-refractivity contribution in [1.82, 2.24) is 19.5 Å². The number of hydrogen-bond donors (Lipinski definition) is 1. The summed E-state index contributed by atoms with van der Waals surface area (Å²) in [6.45, 7) is 2.67. The monoisotopic (exact) mass is 403 g/mol. The summed E-state index contributed by atoms with van der Waals surface area (Å²) in [5, 5.41) is 2.40. The van der Waals surface area contributed by atoms with Gasteiger partial charge in [0, 0.05) is 28.6 Å². The lowest BCUT2D eigenvalue weighted by atomic mass is 10.1. The highest BCUT2D eigenvalue weighted by atomic mass is 32.1. The van der Waals surface area contributed by atoms with Crippen LogP contribution in [0, 0.1) is 0 Å². The maximum atomic E-state index is 13.0. The minimum Gasteiger partial charge on any atom is -0.378 e. The number of aromatic nitrogens is 4. The number of rotatable bonds is 2. The Morgan fingerprint density at radius 2 is 1.86 bits per heavy atom. The van der Waals surface area contributed by atoms with Crippen LogP contribution < -0.4 is 10.5 Å². The molecule has 0 saturated carbocycles. The van der Waals surface area contributed by atoms with Gasteiger partial charge in [0.2, 0.25) is 5.95 Å². The van der Waals surface area contributed by atoms with E-state index in [1.807, 2.05) is 27.7 Å². The third-order valence-electron chi connectivity index (χ3n) is 5.35. The number of hydrogen-bond acceptors (Lipinski definition) is 6. The van der Waals surface area contributed by atoms with Crippen molar-refractivity contribution in [3.63, 3.8) is 0 Å². The van der Waals surface area contributed by atoms with Crippen molar-refractivity contribution in [1.29, 1.82) is 0 Å². The molecule has 1 fully saturated rings. The maximum Gasteiger partial charge on any atom is 0.278 e. The molecule has 144 valence electrons. The van der Waals surface area contributed by atoms with Gasteiger partial charge in [0.1, 0.15) is 6.33 Å². The van der Waals surface area contributed by atoms with E-state index in [-0.39, 0.29) is 5.56 Å². The third-order valence-corrected chi connectivity index (χ3v) is 6.56. The number of aromatic amines is 1. The number of nitrogens with zero attached hydrogens (tertiary/aromatic N) is 4. The fourth-order valence-electron chi connectivity index (χ4n) is 3.95. The SMILES string of the molecule is O=c1[nH]c(N2CCOCC2)nc2ncn(-c3cccc4c3sc3ccccc34)c12. The van der Waals surface area contributed by atoms with Crippen LogP contribution in [0.25, 0.3) is 37.0 Å². The van der Waals surface area contributed by atoms with Crippen LogP contribution in [0.3, 0.4) is 0 Å². The molecule has 6 rings (SSSR count). The van der Waals surface area contributed by atoms with E-state index >= 15 is 0 Å². The molecule has 29 heavy (non-hydrogen) atoms. The summed E-state index contributed by atoms with van der Waals surface area (Å²) in [5.41, 5.74) is 1.67. The second-order valence-electron chi connectivity index (χ2n) is 7.03. The van der Waals surface area contributed by atoms with E-state index in [1.165, 1.54) is 15.5 Å². The molecular formula is C21H17N5O2S. The summed E-state index contributed by atoms with van der Waals surface area (Å²) in [6.07, 6.45) is 1.69. The van der Waals surface area contributed by atoms with Gasteiger partial charge in [-0.15, -0.1) is 11.3 Å². The molecule has 8 heteroatoms. The molecule has 3 aromatic heterocycles. The lowest BCUT2D eigenvalue weighted by molar-refractivity contribution is 0.122. The van der Waals surface area contributed by atoms with Crippen LogP contribution in [-0.2, 0) is 4.74 Å². The summed E-state index contributed by atoms with van der Waals surface area (Å²) in [5.74, 6) is 0.552. The van der Waals surface area contributed by atoms with Gasteiger partial charge < -0.3 is 9.64 Å². The predicted molar refractivity (Wildman–Crippen MR) is 115 cm³/mol. The first-order chi connectivity index (χ1) is 14.3. The Bertz CT molecular complexity index is 1430. The average Bonchev–Trinajstić information content (AvgIpc) is 3.36. The third kappa shape index (κ3) is 2.56. The zero-order chi connectivity index (χ0) is 19.4. The molecule has 4 heterocycles. The number of fused-ring (bicyclic) bond motifs is 4. The highest BCUT2D eigenvalue weighted by molar-refractivity contribution is 7.26. The predicted octanol–water partition coefficient (Wildman–Crippen LogP) is 3.31. The molecule has 0 atom stereocenters. The fourth-order valence-corrected chi connectivity index (χ4v) is 5.16. The van der Waals surface area contributed by atoms with Crippen LogP contribution in [0.15, 0.2) is 53.6 Å². The summed E-state index contributed by atoms with van der Waals surface area (Å²) >= 11 is 1.72. The molecule has 7 nitrogen and oxygen atoms in total. The highest BCUT2D eigenvalue weighted by Crippen LogP contribution is 2.37. The van der Waals surface area contributed by atoms with Gasteiger partial charge in [-0.2, -0.15) is 4.98 Å². The Morgan fingerprint density at radius 3 is 2.76 bits per heavy atom. The Morgan fingerprint density at radius 1 is 1.03 bits per heavy atom. The first-order valence-corrected chi connectivity index (χ1v) is 10.3. The lowest BCUT2D eigenvalue weighted by Gasteiger charge is -2.26. The molecule has 0 unspecified atom stereocenters. The second kappa shape index (κ2) is 6.40. The van der Waals surface area contributed by atoms with Gasteiger partial charge in [-0.05, 0) is 12.1 Å².